The molecule has 2 N–H and O–H groups in total. The molecular weight excluding hydrogens is 748 g/mol. The Morgan fingerprint density at radius 3 is 2.39 bits per heavy atom. The van der Waals surface area contributed by atoms with Gasteiger partial charge in [0.05, 0.1) is 26.2 Å². The van der Waals surface area contributed by atoms with Crippen molar-refractivity contribution in [1.82, 2.24) is 4.98 Å². The number of carbonyl (C=O) groups excluding carboxylic acids is 3. The number of hydrogen-bond donors (Lipinski definition) is 2. The maximum Gasteiger partial charge on any atom is 0.265 e. The smallest absolute Gasteiger partial charge is 0.265 e. The number of halogens is 3. The number of likely N-dealkylation sites (N-methyl/N-ethyl adjacent to an activating group) is 1. The zero-order valence-electron chi connectivity index (χ0n) is 29.8. The summed E-state index contributed by atoms with van der Waals surface area (Å²) in [5, 5.41) is 6.48. The van der Waals surface area contributed by atoms with E-state index in [2.05, 4.69) is 20.5 Å². The van der Waals surface area contributed by atoms with Gasteiger partial charge in [-0.3, -0.25) is 14.4 Å². The molecule has 54 heavy (non-hydrogen) atoms. The molecule has 0 atom stereocenters. The number of anilines is 4. The summed E-state index contributed by atoms with van der Waals surface area (Å²) < 4.78 is 19.2. The van der Waals surface area contributed by atoms with Crippen LogP contribution < -0.4 is 20.4 Å². The van der Waals surface area contributed by atoms with E-state index < -0.39 is 0 Å². The largest absolute Gasteiger partial charge is 0.381 e. The van der Waals surface area contributed by atoms with Crippen molar-refractivity contribution in [2.45, 2.75) is 26.2 Å². The molecule has 2 aromatic heterocycles. The minimum atomic E-state index is -0.271. The molecule has 2 saturated heterocycles. The normalized spacial score (nSPS) is 15.5. The van der Waals surface area contributed by atoms with E-state index in [4.69, 9.17) is 27.9 Å². The molecule has 2 fully saturated rings. The molecule has 13 heteroatoms. The molecule has 3 aromatic carbocycles. The molecule has 0 radical (unpaired) electrons. The van der Waals surface area contributed by atoms with E-state index in [0.29, 0.717) is 42.8 Å². The van der Waals surface area contributed by atoms with Gasteiger partial charge in [0.1, 0.15) is 17.9 Å². The van der Waals surface area contributed by atoms with Crippen molar-refractivity contribution in [2.75, 3.05) is 60.3 Å². The Morgan fingerprint density at radius 1 is 0.963 bits per heavy atom. The van der Waals surface area contributed by atoms with Gasteiger partial charge in [0.25, 0.3) is 11.8 Å². The lowest BCUT2D eigenvalue weighted by Crippen LogP contribution is -2.59. The monoisotopic (exact) mass is 785 g/mol. The second-order valence-electron chi connectivity index (χ2n) is 13.9. The summed E-state index contributed by atoms with van der Waals surface area (Å²) in [4.78, 5) is 46.8. The molecule has 278 valence electrons. The number of carbonyl (C=O) groups is 3. The number of aldehydes is 1. The number of nitrogens with zero attached hydrogens (tertiary/aromatic N) is 3. The Labute approximate surface area is 327 Å². The average Bonchev–Trinajstić information content (AvgIpc) is 3.54. The van der Waals surface area contributed by atoms with Crippen LogP contribution in [0, 0.1) is 18.2 Å². The molecule has 3 aliphatic heterocycles. The number of rotatable bonds is 6. The third-order valence-electron chi connectivity index (χ3n) is 10.0. The Bertz CT molecular complexity index is 2200. The average molecular weight is 787 g/mol. The van der Waals surface area contributed by atoms with Crippen LogP contribution in [-0.2, 0) is 11.2 Å². The second-order valence-corrected chi connectivity index (χ2v) is 15.8. The Kier molecular flexibility index (Phi) is 11.0. The molecule has 0 bridgehead atoms. The molecule has 5 aromatic rings. The lowest BCUT2D eigenvalue weighted by Gasteiger charge is -2.53. The van der Waals surface area contributed by atoms with E-state index in [1.54, 1.807) is 54.7 Å². The lowest BCUT2D eigenvalue weighted by molar-refractivity contribution is -0.000511. The van der Waals surface area contributed by atoms with Gasteiger partial charge in [-0.05, 0) is 104 Å². The summed E-state index contributed by atoms with van der Waals surface area (Å²) >= 11 is 13.7. The summed E-state index contributed by atoms with van der Waals surface area (Å²) in [6.45, 7) is 6.15. The van der Waals surface area contributed by atoms with Gasteiger partial charge >= 0.3 is 0 Å². The molecule has 3 aliphatic rings. The van der Waals surface area contributed by atoms with Crippen LogP contribution in [0.2, 0.25) is 10.0 Å². The Hall–Kier alpha value is -4.81. The number of aromatic nitrogens is 1. The van der Waals surface area contributed by atoms with Gasteiger partial charge < -0.3 is 25.2 Å². The van der Waals surface area contributed by atoms with Crippen LogP contribution in [-0.4, -0.2) is 63.0 Å². The number of benzene rings is 3. The maximum absolute atomic E-state index is 13.7. The lowest BCUT2D eigenvalue weighted by atomic mass is 9.73. The molecule has 2 amide bonds. The van der Waals surface area contributed by atoms with E-state index in [9.17, 15) is 18.8 Å². The van der Waals surface area contributed by atoms with Crippen molar-refractivity contribution in [3.63, 3.8) is 0 Å². The number of thiophene rings is 1. The number of pyridine rings is 1. The molecule has 8 rings (SSSR count). The van der Waals surface area contributed by atoms with E-state index in [1.807, 2.05) is 31.0 Å². The number of nitrogens with one attached hydrogen (secondary N) is 2. The minimum absolute atomic E-state index is 0.187. The predicted molar refractivity (Wildman–Crippen MR) is 215 cm³/mol. The first kappa shape index (κ1) is 37.5. The summed E-state index contributed by atoms with van der Waals surface area (Å²) in [7, 11) is 1.95. The topological polar surface area (TPSA) is 104 Å². The van der Waals surface area contributed by atoms with Crippen molar-refractivity contribution >= 4 is 75.5 Å². The molecule has 0 saturated carbocycles. The highest BCUT2D eigenvalue weighted by Crippen LogP contribution is 2.43. The molecule has 9 nitrogen and oxygen atoms in total. The van der Waals surface area contributed by atoms with Crippen molar-refractivity contribution in [2.24, 2.45) is 5.41 Å². The minimum Gasteiger partial charge on any atom is -0.381 e. The number of ether oxygens (including phenoxy) is 1. The summed E-state index contributed by atoms with van der Waals surface area (Å²) in [5.74, 6) is 0.0136. The van der Waals surface area contributed by atoms with Crippen molar-refractivity contribution in [3.05, 3.63) is 122 Å². The van der Waals surface area contributed by atoms with Crippen molar-refractivity contribution < 1.29 is 23.5 Å². The highest BCUT2D eigenvalue weighted by Gasteiger charge is 2.45. The number of para-hydroxylation sites is 1. The first-order valence-electron chi connectivity index (χ1n) is 17.6. The van der Waals surface area contributed by atoms with Gasteiger partial charge in [-0.2, -0.15) is 0 Å². The summed E-state index contributed by atoms with van der Waals surface area (Å²) in [6, 6.07) is 20.4. The zero-order valence-corrected chi connectivity index (χ0v) is 32.1. The standard InChI is InChI=1S/C21H23N3O3.C20H15Cl2FN2OS/c1-15-10-18(20(26)23-17-4-2-16(12-25)3-5-17)19(22-11-15)24-13-21(14-24)6-8-27-9-7-21;1-25-8-7-11-9-17(20(26)24-18-14(21)3-2-4-15(18)22)27-19(11)13-6-5-12(23)10-16(13)25/h2-5,10-12H,6-9,13-14H2,1H3,(H,23,26);2-6,9-10H,7-8H2,1H3,(H,24,26). The second kappa shape index (κ2) is 15.9. The van der Waals surface area contributed by atoms with Gasteiger partial charge in [0.15, 0.2) is 0 Å². The van der Waals surface area contributed by atoms with E-state index >= 15 is 0 Å². The fraction of sp³-hybridized carbons (Fsp3) is 0.268. The Morgan fingerprint density at radius 2 is 1.69 bits per heavy atom. The summed E-state index contributed by atoms with van der Waals surface area (Å²) in [5.41, 5.74) is 6.31. The van der Waals surface area contributed by atoms with Crippen molar-refractivity contribution in [1.29, 1.82) is 0 Å². The molecular formula is C41H38Cl2FN5O4S. The van der Waals surface area contributed by atoms with Crippen LogP contribution in [0.25, 0.3) is 10.4 Å². The molecule has 0 unspecified atom stereocenters. The van der Waals surface area contributed by atoms with E-state index in [1.165, 1.54) is 23.5 Å². The summed E-state index contributed by atoms with van der Waals surface area (Å²) in [6.07, 6.45) is 5.50. The first-order valence-corrected chi connectivity index (χ1v) is 19.1. The van der Waals surface area contributed by atoms with Crippen molar-refractivity contribution in [3.8, 4) is 10.4 Å². The number of hydrogen-bond acceptors (Lipinski definition) is 8. The zero-order chi connectivity index (χ0) is 38.0. The van der Waals surface area contributed by atoms with Gasteiger partial charge in [-0.1, -0.05) is 29.3 Å². The first-order chi connectivity index (χ1) is 26.0. The van der Waals surface area contributed by atoms with Crippen LogP contribution >= 0.6 is 34.5 Å². The van der Waals surface area contributed by atoms with Crippen LogP contribution in [0.3, 0.4) is 0 Å². The SMILES string of the molecule is CN1CCc2cc(C(=O)Nc3c(Cl)cccc3Cl)sc2-c2ccc(F)cc21.Cc1cnc(N2CC3(CCOCC3)C2)c(C(=O)Nc2ccc(C=O)cc2)c1. The van der Waals surface area contributed by atoms with Crippen LogP contribution in [0.1, 0.15) is 54.4 Å². The molecule has 5 heterocycles. The van der Waals surface area contributed by atoms with Gasteiger partial charge in [-0.15, -0.1) is 11.3 Å². The fourth-order valence-electron chi connectivity index (χ4n) is 7.03. The van der Waals surface area contributed by atoms with E-state index in [0.717, 1.165) is 91.5 Å². The highest BCUT2D eigenvalue weighted by atomic mass is 35.5. The fourth-order valence-corrected chi connectivity index (χ4v) is 8.66. The molecule has 0 aliphatic carbocycles. The van der Waals surface area contributed by atoms with E-state index in [-0.39, 0.29) is 17.6 Å². The van der Waals surface area contributed by atoms with Gasteiger partial charge in [-0.25, -0.2) is 9.37 Å². The van der Waals surface area contributed by atoms with Crippen LogP contribution in [0.5, 0.6) is 0 Å². The maximum atomic E-state index is 13.7. The van der Waals surface area contributed by atoms with Crippen LogP contribution in [0.15, 0.2) is 79.0 Å². The quantitative estimate of drug-likeness (QED) is 0.166. The number of aryl methyl sites for hydroxylation is 1. The Balaban J connectivity index is 0.000000167. The third-order valence-corrected chi connectivity index (χ3v) is 11.9. The number of amides is 2. The van der Waals surface area contributed by atoms with Gasteiger partial charge in [0, 0.05) is 78.9 Å². The third kappa shape index (κ3) is 8.00. The van der Waals surface area contributed by atoms with Gasteiger partial charge in [0.2, 0.25) is 0 Å². The number of fused-ring (bicyclic) bond motifs is 3. The highest BCUT2D eigenvalue weighted by molar-refractivity contribution is 7.17. The van der Waals surface area contributed by atoms with Crippen LogP contribution in [0.4, 0.5) is 27.3 Å². The predicted octanol–water partition coefficient (Wildman–Crippen LogP) is 9.18. The molecule has 1 spiro atoms.